The van der Waals surface area contributed by atoms with Crippen molar-refractivity contribution in [3.63, 3.8) is 0 Å². The monoisotopic (exact) mass is 498 g/mol. The Bertz CT molecular complexity index is 1620. The average Bonchev–Trinajstić information content (AvgIpc) is 3.42. The minimum atomic E-state index is -4.55. The van der Waals surface area contributed by atoms with E-state index < -0.39 is 23.5 Å². The summed E-state index contributed by atoms with van der Waals surface area (Å²) in [5.74, 6) is -1.41. The molecule has 184 valence electrons. The highest BCUT2D eigenvalue weighted by molar-refractivity contribution is 6.13. The summed E-state index contributed by atoms with van der Waals surface area (Å²) in [5, 5.41) is 9.29. The van der Waals surface area contributed by atoms with Crippen molar-refractivity contribution < 1.29 is 22.4 Å². The SMILES string of the molecule is Cn1cc(N(Cc2ccc(C(F)(F)F)cn2)C(=O)c2cc3c(cc2F)nc(N)c2c3cnn2C)cn1. The first-order chi connectivity index (χ1) is 17.0. The molecule has 0 radical (unpaired) electrons. The van der Waals surface area contributed by atoms with Crippen molar-refractivity contribution in [3.8, 4) is 0 Å². The maximum atomic E-state index is 15.2. The van der Waals surface area contributed by atoms with E-state index in [1.165, 1.54) is 38.8 Å². The number of hydrogen-bond donors (Lipinski definition) is 1. The van der Waals surface area contributed by atoms with E-state index in [1.807, 2.05) is 0 Å². The zero-order valence-electron chi connectivity index (χ0n) is 19.0. The van der Waals surface area contributed by atoms with Gasteiger partial charge < -0.3 is 5.73 Å². The number of hydrogen-bond acceptors (Lipinski definition) is 6. The number of alkyl halides is 3. The van der Waals surface area contributed by atoms with E-state index >= 15 is 4.39 Å². The summed E-state index contributed by atoms with van der Waals surface area (Å²) in [5.41, 5.74) is 6.09. The molecule has 0 unspecified atom stereocenters. The molecule has 0 bridgehead atoms. The molecule has 4 aromatic heterocycles. The molecule has 0 fully saturated rings. The van der Waals surface area contributed by atoms with Gasteiger partial charge in [0.05, 0.1) is 47.0 Å². The number of amides is 1. The molecule has 5 aromatic rings. The summed E-state index contributed by atoms with van der Waals surface area (Å²) < 4.78 is 57.0. The van der Waals surface area contributed by atoms with Gasteiger partial charge in [-0.2, -0.15) is 23.4 Å². The second kappa shape index (κ2) is 8.29. The summed E-state index contributed by atoms with van der Waals surface area (Å²) in [4.78, 5) is 22.9. The second-order valence-corrected chi connectivity index (χ2v) is 8.18. The molecule has 0 aliphatic carbocycles. The molecule has 2 N–H and O–H groups in total. The van der Waals surface area contributed by atoms with Gasteiger partial charge in [0.1, 0.15) is 17.2 Å². The molecule has 0 saturated heterocycles. The van der Waals surface area contributed by atoms with E-state index in [-0.39, 0.29) is 29.1 Å². The number of halogens is 4. The molecular formula is C23H18F4N8O. The highest BCUT2D eigenvalue weighted by atomic mass is 19.4. The lowest BCUT2D eigenvalue weighted by molar-refractivity contribution is -0.137. The predicted octanol–water partition coefficient (Wildman–Crippen LogP) is 3.84. The second-order valence-electron chi connectivity index (χ2n) is 8.18. The van der Waals surface area contributed by atoms with Gasteiger partial charge in [0.2, 0.25) is 0 Å². The summed E-state index contributed by atoms with van der Waals surface area (Å²) in [6.07, 6.45) is 0.610. The maximum absolute atomic E-state index is 15.2. The van der Waals surface area contributed by atoms with Crippen molar-refractivity contribution in [2.24, 2.45) is 14.1 Å². The van der Waals surface area contributed by atoms with Crippen LogP contribution in [0.15, 0.2) is 49.1 Å². The zero-order chi connectivity index (χ0) is 25.8. The van der Waals surface area contributed by atoms with Crippen molar-refractivity contribution in [1.29, 1.82) is 0 Å². The Kier molecular flexibility index (Phi) is 5.34. The van der Waals surface area contributed by atoms with E-state index in [0.29, 0.717) is 28.2 Å². The van der Waals surface area contributed by atoms with Crippen molar-refractivity contribution >= 4 is 39.2 Å². The number of carbonyl (C=O) groups is 1. The zero-order valence-corrected chi connectivity index (χ0v) is 19.0. The molecule has 0 spiro atoms. The standard InChI is InChI=1S/C23H18F4N8O/c1-33-11-14(8-30-33)35(10-13-4-3-12(7-29-13)23(25,26)27)22(36)16-5-15-17-9-31-34(2)20(17)21(28)32-19(15)6-18(16)24/h3-9,11H,10H2,1-2H3,(H2,28,32). The fourth-order valence-electron chi connectivity index (χ4n) is 3.98. The molecule has 36 heavy (non-hydrogen) atoms. The highest BCUT2D eigenvalue weighted by Gasteiger charge is 2.31. The summed E-state index contributed by atoms with van der Waals surface area (Å²) >= 11 is 0. The Morgan fingerprint density at radius 3 is 2.50 bits per heavy atom. The minimum Gasteiger partial charge on any atom is -0.382 e. The van der Waals surface area contributed by atoms with Crippen LogP contribution in [0.5, 0.6) is 0 Å². The number of benzene rings is 1. The maximum Gasteiger partial charge on any atom is 0.417 e. The lowest BCUT2D eigenvalue weighted by Gasteiger charge is -2.21. The molecule has 9 nitrogen and oxygen atoms in total. The number of pyridine rings is 2. The van der Waals surface area contributed by atoms with Crippen LogP contribution >= 0.6 is 0 Å². The van der Waals surface area contributed by atoms with E-state index in [9.17, 15) is 18.0 Å². The number of aryl methyl sites for hydroxylation is 2. The summed E-state index contributed by atoms with van der Waals surface area (Å²) in [7, 11) is 3.32. The van der Waals surface area contributed by atoms with E-state index in [2.05, 4.69) is 20.2 Å². The first-order valence-corrected chi connectivity index (χ1v) is 10.6. The normalized spacial score (nSPS) is 11.9. The van der Waals surface area contributed by atoms with Crippen LogP contribution in [0.25, 0.3) is 21.8 Å². The molecule has 4 heterocycles. The Morgan fingerprint density at radius 1 is 1.08 bits per heavy atom. The van der Waals surface area contributed by atoms with Crippen molar-refractivity contribution in [2.75, 3.05) is 10.6 Å². The fourth-order valence-corrected chi connectivity index (χ4v) is 3.98. The van der Waals surface area contributed by atoms with Gasteiger partial charge in [-0.1, -0.05) is 0 Å². The van der Waals surface area contributed by atoms with Crippen LogP contribution in [0.1, 0.15) is 21.6 Å². The quantitative estimate of drug-likeness (QED) is 0.378. The van der Waals surface area contributed by atoms with Crippen LogP contribution in [0.3, 0.4) is 0 Å². The number of nitrogen functional groups attached to an aromatic ring is 1. The van der Waals surface area contributed by atoms with Gasteiger partial charge in [-0.3, -0.25) is 24.0 Å². The fraction of sp³-hybridized carbons (Fsp3) is 0.174. The number of anilines is 2. The van der Waals surface area contributed by atoms with Crippen molar-refractivity contribution in [1.82, 2.24) is 29.5 Å². The van der Waals surface area contributed by atoms with E-state index in [1.54, 1.807) is 20.3 Å². The number of nitrogens with zero attached hydrogens (tertiary/aromatic N) is 7. The van der Waals surface area contributed by atoms with Crippen LogP contribution in [0.2, 0.25) is 0 Å². The molecule has 0 aliphatic heterocycles. The van der Waals surface area contributed by atoms with Gasteiger partial charge in [-0.25, -0.2) is 9.37 Å². The molecule has 13 heteroatoms. The number of rotatable bonds is 4. The van der Waals surface area contributed by atoms with Crippen LogP contribution in [0.4, 0.5) is 29.1 Å². The highest BCUT2D eigenvalue weighted by Crippen LogP contribution is 2.31. The van der Waals surface area contributed by atoms with Gasteiger partial charge in [0.25, 0.3) is 5.91 Å². The molecule has 1 amide bonds. The van der Waals surface area contributed by atoms with Gasteiger partial charge in [0.15, 0.2) is 0 Å². The molecule has 0 saturated carbocycles. The topological polar surface area (TPSA) is 108 Å². The largest absolute Gasteiger partial charge is 0.417 e. The third-order valence-corrected chi connectivity index (χ3v) is 5.75. The molecular weight excluding hydrogens is 480 g/mol. The lowest BCUT2D eigenvalue weighted by atomic mass is 10.1. The average molecular weight is 498 g/mol. The Labute approximate surface area is 200 Å². The summed E-state index contributed by atoms with van der Waals surface area (Å²) in [6, 6.07) is 4.53. The van der Waals surface area contributed by atoms with Gasteiger partial charge in [0, 0.05) is 43.3 Å². The minimum absolute atomic E-state index is 0.168. The van der Waals surface area contributed by atoms with E-state index in [4.69, 9.17) is 5.73 Å². The van der Waals surface area contributed by atoms with Crippen molar-refractivity contribution in [2.45, 2.75) is 12.7 Å². The smallest absolute Gasteiger partial charge is 0.382 e. The molecule has 1 aromatic carbocycles. The first-order valence-electron chi connectivity index (χ1n) is 10.6. The van der Waals surface area contributed by atoms with Gasteiger partial charge >= 0.3 is 6.18 Å². The Hall–Kier alpha value is -4.55. The Morgan fingerprint density at radius 2 is 1.86 bits per heavy atom. The van der Waals surface area contributed by atoms with Crippen LogP contribution in [-0.2, 0) is 26.8 Å². The molecule has 5 rings (SSSR count). The number of nitrogens with two attached hydrogens (primary N) is 1. The number of carbonyl (C=O) groups excluding carboxylic acids is 1. The predicted molar refractivity (Wildman–Crippen MR) is 123 cm³/mol. The molecule has 0 aliphatic rings. The van der Waals surface area contributed by atoms with Crippen LogP contribution in [-0.4, -0.2) is 35.4 Å². The van der Waals surface area contributed by atoms with Gasteiger partial charge in [-0.15, -0.1) is 0 Å². The van der Waals surface area contributed by atoms with Crippen molar-refractivity contribution in [3.05, 3.63) is 71.7 Å². The van der Waals surface area contributed by atoms with Crippen LogP contribution in [0, 0.1) is 5.82 Å². The number of aromatic nitrogens is 6. The lowest BCUT2D eigenvalue weighted by Crippen LogP contribution is -2.31. The molecule has 0 atom stereocenters. The third-order valence-electron chi connectivity index (χ3n) is 5.75. The summed E-state index contributed by atoms with van der Waals surface area (Å²) in [6.45, 7) is -0.220. The number of fused-ring (bicyclic) bond motifs is 3. The first kappa shape index (κ1) is 23.2. The third kappa shape index (κ3) is 3.97. The van der Waals surface area contributed by atoms with Crippen LogP contribution < -0.4 is 10.6 Å². The van der Waals surface area contributed by atoms with Gasteiger partial charge in [-0.05, 0) is 18.2 Å². The van der Waals surface area contributed by atoms with E-state index in [0.717, 1.165) is 12.1 Å². The Balaban J connectivity index is 1.60.